The molecule has 2 atom stereocenters. The van der Waals surface area contributed by atoms with Crippen molar-refractivity contribution < 1.29 is 14.6 Å². The van der Waals surface area contributed by atoms with E-state index in [1.807, 2.05) is 36.4 Å². The number of hydrogen-bond acceptors (Lipinski definition) is 3. The first kappa shape index (κ1) is 16.5. The molecule has 0 amide bonds. The van der Waals surface area contributed by atoms with Crippen LogP contribution in [0.4, 0.5) is 0 Å². The number of aliphatic carboxylic acids is 1. The van der Waals surface area contributed by atoms with E-state index in [9.17, 15) is 9.90 Å². The van der Waals surface area contributed by atoms with Crippen molar-refractivity contribution in [3.8, 4) is 5.75 Å². The lowest BCUT2D eigenvalue weighted by atomic mass is 9.87. The Morgan fingerprint density at radius 2 is 2.08 bits per heavy atom. The van der Waals surface area contributed by atoms with E-state index >= 15 is 0 Å². The third kappa shape index (κ3) is 3.77. The molecule has 2 aromatic carbocycles. The molecule has 0 aliphatic heterocycles. The van der Waals surface area contributed by atoms with Crippen molar-refractivity contribution in [3.63, 3.8) is 0 Å². The Bertz CT molecular complexity index is 699. The first-order valence-corrected chi connectivity index (χ1v) is 8.37. The summed E-state index contributed by atoms with van der Waals surface area (Å²) in [5, 5.41) is 13.0. The summed E-state index contributed by atoms with van der Waals surface area (Å²) in [6.07, 6.45) is 3.51. The van der Waals surface area contributed by atoms with Gasteiger partial charge in [0.25, 0.3) is 0 Å². The fourth-order valence-corrected chi connectivity index (χ4v) is 3.40. The quantitative estimate of drug-likeness (QED) is 0.855. The molecule has 1 unspecified atom stereocenters. The molecule has 4 heteroatoms. The summed E-state index contributed by atoms with van der Waals surface area (Å²) in [6.45, 7) is 0. The normalized spacial score (nSPS) is 17.8. The van der Waals surface area contributed by atoms with Gasteiger partial charge in [0, 0.05) is 6.04 Å². The van der Waals surface area contributed by atoms with Crippen LogP contribution >= 0.6 is 0 Å². The van der Waals surface area contributed by atoms with Gasteiger partial charge in [0.05, 0.1) is 7.11 Å². The average Bonchev–Trinajstić information content (AvgIpc) is 2.61. The number of benzene rings is 2. The summed E-state index contributed by atoms with van der Waals surface area (Å²) in [6, 6.07) is 15.3. The fraction of sp³-hybridized carbons (Fsp3) is 0.350. The van der Waals surface area contributed by atoms with Gasteiger partial charge in [-0.2, -0.15) is 0 Å². The van der Waals surface area contributed by atoms with E-state index in [1.54, 1.807) is 7.11 Å². The molecule has 4 nitrogen and oxygen atoms in total. The van der Waals surface area contributed by atoms with Gasteiger partial charge in [-0.05, 0) is 54.5 Å². The van der Waals surface area contributed by atoms with E-state index in [-0.39, 0.29) is 6.04 Å². The monoisotopic (exact) mass is 325 g/mol. The molecule has 0 aromatic heterocycles. The Hall–Kier alpha value is -2.33. The number of aryl methyl sites for hydroxylation is 1. The van der Waals surface area contributed by atoms with Gasteiger partial charge >= 0.3 is 5.97 Å². The SMILES string of the molecule is COc1ccc2c(c1)CCCC2N[C@H](Cc1ccccc1)C(=O)O. The topological polar surface area (TPSA) is 58.6 Å². The van der Waals surface area contributed by atoms with E-state index in [1.165, 1.54) is 11.1 Å². The third-order valence-corrected chi connectivity index (χ3v) is 4.65. The summed E-state index contributed by atoms with van der Waals surface area (Å²) in [4.78, 5) is 11.7. The van der Waals surface area contributed by atoms with Crippen LogP contribution in [0.25, 0.3) is 0 Å². The smallest absolute Gasteiger partial charge is 0.321 e. The van der Waals surface area contributed by atoms with E-state index in [0.29, 0.717) is 6.42 Å². The van der Waals surface area contributed by atoms with E-state index < -0.39 is 12.0 Å². The molecule has 0 fully saturated rings. The standard InChI is InChI=1S/C20H23NO3/c1-24-16-10-11-17-15(13-16)8-5-9-18(17)21-19(20(22)23)12-14-6-3-2-4-7-14/h2-4,6-7,10-11,13,18-19,21H,5,8-9,12H2,1H3,(H,22,23)/t18?,19-/m1/s1. The Labute approximate surface area is 142 Å². The Morgan fingerprint density at radius 1 is 1.29 bits per heavy atom. The van der Waals surface area contributed by atoms with Crippen LogP contribution in [0.15, 0.2) is 48.5 Å². The second-order valence-electron chi connectivity index (χ2n) is 6.26. The second-order valence-corrected chi connectivity index (χ2v) is 6.26. The number of carboxylic acids is 1. The molecule has 126 valence electrons. The maximum Gasteiger partial charge on any atom is 0.321 e. The van der Waals surface area contributed by atoms with Crippen molar-refractivity contribution in [2.24, 2.45) is 0 Å². The molecule has 0 radical (unpaired) electrons. The second kappa shape index (κ2) is 7.49. The first-order valence-electron chi connectivity index (χ1n) is 8.37. The Balaban J connectivity index is 1.78. The molecule has 0 saturated heterocycles. The summed E-state index contributed by atoms with van der Waals surface area (Å²) < 4.78 is 5.30. The number of ether oxygens (including phenoxy) is 1. The molecule has 2 aromatic rings. The van der Waals surface area contributed by atoms with Crippen molar-refractivity contribution >= 4 is 5.97 Å². The van der Waals surface area contributed by atoms with Crippen molar-refractivity contribution in [2.45, 2.75) is 37.8 Å². The predicted molar refractivity (Wildman–Crippen MR) is 93.4 cm³/mol. The van der Waals surface area contributed by atoms with Gasteiger partial charge in [0.1, 0.15) is 11.8 Å². The van der Waals surface area contributed by atoms with E-state index in [4.69, 9.17) is 4.74 Å². The number of carbonyl (C=O) groups is 1. The molecule has 24 heavy (non-hydrogen) atoms. The highest BCUT2D eigenvalue weighted by Crippen LogP contribution is 2.32. The Kier molecular flexibility index (Phi) is 5.16. The molecule has 1 aliphatic carbocycles. The highest BCUT2D eigenvalue weighted by molar-refractivity contribution is 5.74. The predicted octanol–water partition coefficient (Wildman–Crippen LogP) is 3.36. The fourth-order valence-electron chi connectivity index (χ4n) is 3.40. The van der Waals surface area contributed by atoms with Gasteiger partial charge in [-0.1, -0.05) is 36.4 Å². The van der Waals surface area contributed by atoms with Gasteiger partial charge in [-0.3, -0.25) is 10.1 Å². The van der Waals surface area contributed by atoms with Gasteiger partial charge in [-0.25, -0.2) is 0 Å². The Morgan fingerprint density at radius 3 is 2.79 bits per heavy atom. The average molecular weight is 325 g/mol. The number of rotatable bonds is 6. The third-order valence-electron chi connectivity index (χ3n) is 4.65. The number of hydrogen-bond donors (Lipinski definition) is 2. The maximum absolute atomic E-state index is 11.7. The van der Waals surface area contributed by atoms with Crippen LogP contribution in [0, 0.1) is 0 Å². The minimum Gasteiger partial charge on any atom is -0.497 e. The lowest BCUT2D eigenvalue weighted by Crippen LogP contribution is -2.41. The molecule has 1 aliphatic rings. The van der Waals surface area contributed by atoms with Crippen molar-refractivity contribution in [1.82, 2.24) is 5.32 Å². The van der Waals surface area contributed by atoms with Crippen LogP contribution in [-0.4, -0.2) is 24.2 Å². The van der Waals surface area contributed by atoms with Crippen LogP contribution in [0.3, 0.4) is 0 Å². The zero-order valence-corrected chi connectivity index (χ0v) is 13.9. The lowest BCUT2D eigenvalue weighted by Gasteiger charge is -2.29. The van der Waals surface area contributed by atoms with E-state index in [2.05, 4.69) is 17.4 Å². The molecular weight excluding hydrogens is 302 g/mol. The molecular formula is C20H23NO3. The van der Waals surface area contributed by atoms with E-state index in [0.717, 1.165) is 30.6 Å². The highest BCUT2D eigenvalue weighted by atomic mass is 16.5. The minimum absolute atomic E-state index is 0.0736. The summed E-state index contributed by atoms with van der Waals surface area (Å²) in [5.74, 6) is 0.0490. The molecule has 0 bridgehead atoms. The van der Waals surface area contributed by atoms with Crippen molar-refractivity contribution in [2.75, 3.05) is 7.11 Å². The zero-order valence-electron chi connectivity index (χ0n) is 13.9. The van der Waals surface area contributed by atoms with Gasteiger partial charge in [0.15, 0.2) is 0 Å². The van der Waals surface area contributed by atoms with Crippen molar-refractivity contribution in [1.29, 1.82) is 0 Å². The van der Waals surface area contributed by atoms with Crippen molar-refractivity contribution in [3.05, 3.63) is 65.2 Å². The van der Waals surface area contributed by atoms with Gasteiger partial charge in [-0.15, -0.1) is 0 Å². The van der Waals surface area contributed by atoms with Crippen LogP contribution in [0.1, 0.15) is 35.6 Å². The number of nitrogens with one attached hydrogen (secondary N) is 1. The van der Waals surface area contributed by atoms with Crippen LogP contribution in [0.5, 0.6) is 5.75 Å². The lowest BCUT2D eigenvalue weighted by molar-refractivity contribution is -0.139. The van der Waals surface area contributed by atoms with Crippen LogP contribution in [-0.2, 0) is 17.6 Å². The zero-order chi connectivity index (χ0) is 16.9. The molecule has 2 N–H and O–H groups in total. The molecule has 3 rings (SSSR count). The largest absolute Gasteiger partial charge is 0.497 e. The van der Waals surface area contributed by atoms with Gasteiger partial charge < -0.3 is 9.84 Å². The summed E-state index contributed by atoms with van der Waals surface area (Å²) in [5.41, 5.74) is 3.48. The molecule has 0 spiro atoms. The summed E-state index contributed by atoms with van der Waals surface area (Å²) in [7, 11) is 1.67. The number of methoxy groups -OCH3 is 1. The number of fused-ring (bicyclic) bond motifs is 1. The molecule has 0 saturated carbocycles. The minimum atomic E-state index is -0.806. The maximum atomic E-state index is 11.7. The number of carboxylic acid groups (broad SMARTS) is 1. The highest BCUT2D eigenvalue weighted by Gasteiger charge is 2.26. The van der Waals surface area contributed by atoms with Crippen LogP contribution < -0.4 is 10.1 Å². The summed E-state index contributed by atoms with van der Waals surface area (Å²) >= 11 is 0. The molecule has 0 heterocycles. The van der Waals surface area contributed by atoms with Crippen LogP contribution in [0.2, 0.25) is 0 Å². The van der Waals surface area contributed by atoms with Gasteiger partial charge in [0.2, 0.25) is 0 Å². The first-order chi connectivity index (χ1) is 11.7.